The van der Waals surface area contributed by atoms with Gasteiger partial charge in [-0.2, -0.15) is 0 Å². The number of amides is 4. The van der Waals surface area contributed by atoms with E-state index in [0.29, 0.717) is 32.5 Å². The second-order valence-corrected chi connectivity index (χ2v) is 5.63. The van der Waals surface area contributed by atoms with Crippen LogP contribution in [0, 0.1) is 0 Å². The normalized spacial score (nSPS) is 16.5. The first-order valence-corrected chi connectivity index (χ1v) is 7.92. The van der Waals surface area contributed by atoms with E-state index in [4.69, 9.17) is 5.11 Å². The van der Waals surface area contributed by atoms with Crippen LogP contribution < -0.4 is 16.0 Å². The summed E-state index contributed by atoms with van der Waals surface area (Å²) in [7, 11) is 0. The van der Waals surface area contributed by atoms with Gasteiger partial charge in [0.05, 0.1) is 0 Å². The molecule has 8 nitrogen and oxygen atoms in total. The summed E-state index contributed by atoms with van der Waals surface area (Å²) in [5.41, 5.74) is 0.732. The van der Waals surface area contributed by atoms with Crippen LogP contribution in [0.25, 0.3) is 0 Å². The molecule has 1 aliphatic heterocycles. The van der Waals surface area contributed by atoms with E-state index in [1.54, 1.807) is 4.90 Å². The van der Waals surface area contributed by atoms with E-state index in [9.17, 15) is 14.4 Å². The van der Waals surface area contributed by atoms with Crippen molar-refractivity contribution in [2.24, 2.45) is 0 Å². The first kappa shape index (κ1) is 17.6. The zero-order valence-corrected chi connectivity index (χ0v) is 13.3. The maximum Gasteiger partial charge on any atom is 0.321 e. The van der Waals surface area contributed by atoms with E-state index in [1.807, 2.05) is 30.3 Å². The van der Waals surface area contributed by atoms with Gasteiger partial charge in [-0.25, -0.2) is 9.59 Å². The van der Waals surface area contributed by atoms with Gasteiger partial charge in [-0.3, -0.25) is 4.79 Å². The molecule has 1 aromatic rings. The molecule has 4 N–H and O–H groups in total. The third-order valence-electron chi connectivity index (χ3n) is 3.69. The van der Waals surface area contributed by atoms with Crippen LogP contribution in [0.4, 0.5) is 15.3 Å². The Labute approximate surface area is 140 Å². The molecular formula is C16H22N4O4. The molecule has 0 bridgehead atoms. The third kappa shape index (κ3) is 5.79. The molecule has 1 saturated heterocycles. The van der Waals surface area contributed by atoms with Crippen molar-refractivity contribution in [1.29, 1.82) is 0 Å². The number of aliphatic carboxylic acids is 1. The Bertz CT molecular complexity index is 579. The number of nitrogens with one attached hydrogen (secondary N) is 3. The van der Waals surface area contributed by atoms with E-state index < -0.39 is 5.97 Å². The topological polar surface area (TPSA) is 111 Å². The summed E-state index contributed by atoms with van der Waals surface area (Å²) in [6.45, 7) is 1.33. The van der Waals surface area contributed by atoms with Gasteiger partial charge in [0, 0.05) is 37.8 Å². The SMILES string of the molecule is O=C(O)CCCNC(=O)NC1CCN(C(=O)Nc2ccccc2)C1. The number of hydrogen-bond acceptors (Lipinski definition) is 3. The molecule has 4 amide bonds. The number of para-hydroxylation sites is 1. The van der Waals surface area contributed by atoms with Crippen molar-refractivity contribution in [3.8, 4) is 0 Å². The van der Waals surface area contributed by atoms with Crippen molar-refractivity contribution in [2.75, 3.05) is 25.0 Å². The van der Waals surface area contributed by atoms with Crippen LogP contribution in [-0.2, 0) is 4.79 Å². The molecule has 1 aliphatic rings. The maximum absolute atomic E-state index is 12.2. The summed E-state index contributed by atoms with van der Waals surface area (Å²) in [5.74, 6) is -0.881. The van der Waals surface area contributed by atoms with E-state index in [-0.39, 0.29) is 24.5 Å². The lowest BCUT2D eigenvalue weighted by molar-refractivity contribution is -0.137. The molecule has 1 unspecified atom stereocenters. The summed E-state index contributed by atoms with van der Waals surface area (Å²) in [4.78, 5) is 35.9. The standard InChI is InChI=1S/C16H22N4O4/c21-14(22)7-4-9-17-15(23)18-13-8-10-20(11-13)16(24)19-12-5-2-1-3-6-12/h1-3,5-6,13H,4,7-11H2,(H,19,24)(H,21,22)(H2,17,18,23). The van der Waals surface area contributed by atoms with Gasteiger partial charge in [-0.15, -0.1) is 0 Å². The Kier molecular flexibility index (Phi) is 6.41. The maximum atomic E-state index is 12.2. The van der Waals surface area contributed by atoms with Gasteiger partial charge in [-0.1, -0.05) is 18.2 Å². The Hall–Kier alpha value is -2.77. The van der Waals surface area contributed by atoms with Crippen molar-refractivity contribution in [1.82, 2.24) is 15.5 Å². The molecule has 0 aliphatic carbocycles. The molecule has 1 atom stereocenters. The summed E-state index contributed by atoms with van der Waals surface area (Å²) in [6.07, 6.45) is 1.10. The average Bonchev–Trinajstić information content (AvgIpc) is 3.01. The number of benzene rings is 1. The minimum Gasteiger partial charge on any atom is -0.481 e. The van der Waals surface area contributed by atoms with Gasteiger partial charge in [0.1, 0.15) is 0 Å². The van der Waals surface area contributed by atoms with Crippen LogP contribution in [0.15, 0.2) is 30.3 Å². The Morgan fingerprint density at radius 3 is 2.67 bits per heavy atom. The Morgan fingerprint density at radius 2 is 1.96 bits per heavy atom. The fourth-order valence-electron chi connectivity index (χ4n) is 2.46. The average molecular weight is 334 g/mol. The molecule has 8 heteroatoms. The van der Waals surface area contributed by atoms with Crippen molar-refractivity contribution in [2.45, 2.75) is 25.3 Å². The van der Waals surface area contributed by atoms with Crippen LogP contribution in [0.3, 0.4) is 0 Å². The Morgan fingerprint density at radius 1 is 1.21 bits per heavy atom. The van der Waals surface area contributed by atoms with E-state index in [0.717, 1.165) is 5.69 Å². The molecule has 24 heavy (non-hydrogen) atoms. The smallest absolute Gasteiger partial charge is 0.321 e. The second-order valence-electron chi connectivity index (χ2n) is 5.63. The molecule has 2 rings (SSSR count). The quantitative estimate of drug-likeness (QED) is 0.590. The minimum atomic E-state index is -0.881. The number of nitrogens with zero attached hydrogens (tertiary/aromatic N) is 1. The predicted molar refractivity (Wildman–Crippen MR) is 88.8 cm³/mol. The largest absolute Gasteiger partial charge is 0.481 e. The number of urea groups is 2. The molecule has 1 aromatic carbocycles. The monoisotopic (exact) mass is 334 g/mol. The molecular weight excluding hydrogens is 312 g/mol. The number of anilines is 1. The lowest BCUT2D eigenvalue weighted by Crippen LogP contribution is -2.44. The van der Waals surface area contributed by atoms with Crippen LogP contribution in [-0.4, -0.2) is 53.7 Å². The van der Waals surface area contributed by atoms with Crippen LogP contribution in [0.2, 0.25) is 0 Å². The van der Waals surface area contributed by atoms with E-state index >= 15 is 0 Å². The third-order valence-corrected chi connectivity index (χ3v) is 3.69. The highest BCUT2D eigenvalue weighted by atomic mass is 16.4. The first-order valence-electron chi connectivity index (χ1n) is 7.92. The van der Waals surface area contributed by atoms with Gasteiger partial charge >= 0.3 is 18.0 Å². The number of rotatable bonds is 6. The highest BCUT2D eigenvalue weighted by molar-refractivity contribution is 5.89. The fraction of sp³-hybridized carbons (Fsp3) is 0.438. The van der Waals surface area contributed by atoms with Gasteiger partial charge in [0.25, 0.3) is 0 Å². The van der Waals surface area contributed by atoms with Crippen LogP contribution >= 0.6 is 0 Å². The molecule has 0 aromatic heterocycles. The summed E-state index contributed by atoms with van der Waals surface area (Å²) < 4.78 is 0. The van der Waals surface area contributed by atoms with Gasteiger partial charge in [-0.05, 0) is 25.0 Å². The van der Waals surface area contributed by atoms with Crippen molar-refractivity contribution < 1.29 is 19.5 Å². The van der Waals surface area contributed by atoms with Gasteiger partial charge < -0.3 is 26.0 Å². The number of carboxylic acids is 1. The zero-order chi connectivity index (χ0) is 17.4. The van der Waals surface area contributed by atoms with Crippen molar-refractivity contribution >= 4 is 23.7 Å². The molecule has 0 spiro atoms. The van der Waals surface area contributed by atoms with Gasteiger partial charge in [0.2, 0.25) is 0 Å². The number of hydrogen-bond donors (Lipinski definition) is 4. The zero-order valence-electron chi connectivity index (χ0n) is 13.3. The minimum absolute atomic E-state index is 0.0249. The summed E-state index contributed by atoms with van der Waals surface area (Å²) >= 11 is 0. The fourth-order valence-corrected chi connectivity index (χ4v) is 2.46. The molecule has 130 valence electrons. The molecule has 1 fully saturated rings. The van der Waals surface area contributed by atoms with E-state index in [2.05, 4.69) is 16.0 Å². The lowest BCUT2D eigenvalue weighted by atomic mass is 10.3. The predicted octanol–water partition coefficient (Wildman–Crippen LogP) is 1.46. The number of carbonyl (C=O) groups excluding carboxylic acids is 2. The lowest BCUT2D eigenvalue weighted by Gasteiger charge is -2.18. The van der Waals surface area contributed by atoms with Crippen LogP contribution in [0.1, 0.15) is 19.3 Å². The summed E-state index contributed by atoms with van der Waals surface area (Å²) in [5, 5.41) is 16.7. The number of carbonyl (C=O) groups is 3. The second kappa shape index (κ2) is 8.76. The van der Waals surface area contributed by atoms with Gasteiger partial charge in [0.15, 0.2) is 0 Å². The van der Waals surface area contributed by atoms with Crippen molar-refractivity contribution in [3.05, 3.63) is 30.3 Å². The summed E-state index contributed by atoms with van der Waals surface area (Å²) in [6, 6.07) is 8.56. The molecule has 1 heterocycles. The van der Waals surface area contributed by atoms with Crippen LogP contribution in [0.5, 0.6) is 0 Å². The number of carboxylic acid groups (broad SMARTS) is 1. The molecule has 0 saturated carbocycles. The highest BCUT2D eigenvalue weighted by Crippen LogP contribution is 2.12. The highest BCUT2D eigenvalue weighted by Gasteiger charge is 2.27. The molecule has 0 radical (unpaired) electrons. The van der Waals surface area contributed by atoms with Crippen molar-refractivity contribution in [3.63, 3.8) is 0 Å². The van der Waals surface area contributed by atoms with E-state index in [1.165, 1.54) is 0 Å². The Balaban J connectivity index is 1.67. The first-order chi connectivity index (χ1) is 11.5. The number of likely N-dealkylation sites (tertiary alicyclic amines) is 1.